The Balaban J connectivity index is 2.10. The number of nitrogens with zero attached hydrogens (tertiary/aromatic N) is 4. The molecule has 2 aromatic heterocycles. The van der Waals surface area contributed by atoms with Crippen molar-refractivity contribution in [3.63, 3.8) is 0 Å². The van der Waals surface area contributed by atoms with E-state index in [1.165, 1.54) is 0 Å². The molecule has 3 aromatic rings. The summed E-state index contributed by atoms with van der Waals surface area (Å²) in [5.41, 5.74) is 11.0. The van der Waals surface area contributed by atoms with Crippen LogP contribution in [0, 0.1) is 6.92 Å². The predicted octanol–water partition coefficient (Wildman–Crippen LogP) is 1.78. The minimum atomic E-state index is 0.620. The van der Waals surface area contributed by atoms with Crippen molar-refractivity contribution in [1.82, 2.24) is 19.3 Å². The summed E-state index contributed by atoms with van der Waals surface area (Å²) in [5.74, 6) is 1.02. The highest BCUT2D eigenvalue weighted by molar-refractivity contribution is 5.82. The molecule has 20 heavy (non-hydrogen) atoms. The molecule has 1 aromatic carbocycles. The Kier molecular flexibility index (Phi) is 3.06. The first-order chi connectivity index (χ1) is 9.60. The highest BCUT2D eigenvalue weighted by atomic mass is 15.3. The summed E-state index contributed by atoms with van der Waals surface area (Å²) in [4.78, 5) is 4.58. The summed E-state index contributed by atoms with van der Waals surface area (Å²) in [7, 11) is 4.00. The van der Waals surface area contributed by atoms with Gasteiger partial charge >= 0.3 is 0 Å². The number of benzene rings is 1. The van der Waals surface area contributed by atoms with E-state index in [0.717, 1.165) is 40.2 Å². The maximum absolute atomic E-state index is 5.59. The van der Waals surface area contributed by atoms with Gasteiger partial charge in [0, 0.05) is 26.1 Å². The van der Waals surface area contributed by atoms with Gasteiger partial charge in [0.1, 0.15) is 5.82 Å². The third-order valence-corrected chi connectivity index (χ3v) is 3.73. The first-order valence-corrected chi connectivity index (χ1v) is 6.76. The minimum Gasteiger partial charge on any atom is -0.331 e. The smallest absolute Gasteiger partial charge is 0.106 e. The lowest BCUT2D eigenvalue weighted by molar-refractivity contribution is 0.745. The molecule has 0 bridgehead atoms. The van der Waals surface area contributed by atoms with E-state index in [1.54, 1.807) is 0 Å². The quantitative estimate of drug-likeness (QED) is 0.788. The van der Waals surface area contributed by atoms with E-state index in [9.17, 15) is 0 Å². The van der Waals surface area contributed by atoms with Crippen molar-refractivity contribution in [3.05, 3.63) is 35.8 Å². The molecule has 2 heterocycles. The molecule has 0 amide bonds. The topological polar surface area (TPSA) is 61.7 Å². The summed E-state index contributed by atoms with van der Waals surface area (Å²) in [5, 5.41) is 4.49. The lowest BCUT2D eigenvalue weighted by Gasteiger charge is -2.02. The molecule has 0 fully saturated rings. The molecule has 0 aliphatic heterocycles. The van der Waals surface area contributed by atoms with Crippen LogP contribution in [0.3, 0.4) is 0 Å². The Morgan fingerprint density at radius 3 is 2.75 bits per heavy atom. The highest BCUT2D eigenvalue weighted by Gasteiger charge is 2.10. The SMILES string of the molecule is Cc1nc2cc(-c3cc(CCN)nn3C)ccc2n1C. The van der Waals surface area contributed by atoms with Crippen LogP contribution in [-0.2, 0) is 20.5 Å². The van der Waals surface area contributed by atoms with Crippen LogP contribution in [0.1, 0.15) is 11.5 Å². The molecule has 5 nitrogen and oxygen atoms in total. The summed E-state index contributed by atoms with van der Waals surface area (Å²) < 4.78 is 4.00. The van der Waals surface area contributed by atoms with Crippen molar-refractivity contribution in [2.45, 2.75) is 13.3 Å². The van der Waals surface area contributed by atoms with Crippen molar-refractivity contribution in [1.29, 1.82) is 0 Å². The standard InChI is InChI=1S/C15H19N5/c1-10-17-13-8-11(4-5-14(13)19(10)2)15-9-12(6-7-16)18-20(15)3/h4-5,8-9H,6-7,16H2,1-3H3. The monoisotopic (exact) mass is 269 g/mol. The largest absolute Gasteiger partial charge is 0.331 e. The number of rotatable bonds is 3. The third kappa shape index (κ3) is 2.00. The van der Waals surface area contributed by atoms with E-state index in [-0.39, 0.29) is 0 Å². The number of hydrogen-bond acceptors (Lipinski definition) is 3. The van der Waals surface area contributed by atoms with Gasteiger partial charge in [0.2, 0.25) is 0 Å². The second kappa shape index (κ2) is 4.76. The minimum absolute atomic E-state index is 0.620. The van der Waals surface area contributed by atoms with Gasteiger partial charge < -0.3 is 10.3 Å². The van der Waals surface area contributed by atoms with Crippen LogP contribution in [0.2, 0.25) is 0 Å². The molecule has 0 radical (unpaired) electrons. The number of aryl methyl sites for hydroxylation is 3. The van der Waals surface area contributed by atoms with Crippen LogP contribution in [0.25, 0.3) is 22.3 Å². The molecule has 2 N–H and O–H groups in total. The van der Waals surface area contributed by atoms with Gasteiger partial charge in [-0.3, -0.25) is 4.68 Å². The second-order valence-electron chi connectivity index (χ2n) is 5.10. The maximum atomic E-state index is 5.59. The molecule has 0 saturated heterocycles. The summed E-state index contributed by atoms with van der Waals surface area (Å²) in [6, 6.07) is 8.45. The van der Waals surface area contributed by atoms with Crippen molar-refractivity contribution in [2.24, 2.45) is 19.8 Å². The van der Waals surface area contributed by atoms with Gasteiger partial charge in [0.05, 0.1) is 22.4 Å². The molecule has 0 atom stereocenters. The maximum Gasteiger partial charge on any atom is 0.106 e. The van der Waals surface area contributed by atoms with E-state index in [4.69, 9.17) is 5.73 Å². The normalized spacial score (nSPS) is 11.4. The summed E-state index contributed by atoms with van der Waals surface area (Å²) in [6.45, 7) is 2.64. The zero-order chi connectivity index (χ0) is 14.3. The zero-order valence-electron chi connectivity index (χ0n) is 12.1. The van der Waals surface area contributed by atoms with Crippen LogP contribution < -0.4 is 5.73 Å². The van der Waals surface area contributed by atoms with Crippen molar-refractivity contribution in [3.8, 4) is 11.3 Å². The highest BCUT2D eigenvalue weighted by Crippen LogP contribution is 2.25. The van der Waals surface area contributed by atoms with Gasteiger partial charge in [-0.05, 0) is 31.7 Å². The van der Waals surface area contributed by atoms with Gasteiger partial charge in [-0.1, -0.05) is 6.07 Å². The van der Waals surface area contributed by atoms with Crippen molar-refractivity contribution >= 4 is 11.0 Å². The Morgan fingerprint density at radius 1 is 1.20 bits per heavy atom. The predicted molar refractivity (Wildman–Crippen MR) is 80.4 cm³/mol. The van der Waals surface area contributed by atoms with Gasteiger partial charge in [-0.2, -0.15) is 5.10 Å². The lowest BCUT2D eigenvalue weighted by Crippen LogP contribution is -2.03. The third-order valence-electron chi connectivity index (χ3n) is 3.73. The average Bonchev–Trinajstić information content (AvgIpc) is 2.91. The van der Waals surface area contributed by atoms with E-state index < -0.39 is 0 Å². The Morgan fingerprint density at radius 2 is 2.00 bits per heavy atom. The Hall–Kier alpha value is -2.14. The fraction of sp³-hybridized carbons (Fsp3) is 0.333. The number of hydrogen-bond donors (Lipinski definition) is 1. The van der Waals surface area contributed by atoms with E-state index in [1.807, 2.05) is 25.7 Å². The zero-order valence-corrected chi connectivity index (χ0v) is 12.1. The van der Waals surface area contributed by atoms with Crippen LogP contribution in [0.5, 0.6) is 0 Å². The Labute approximate surface area is 118 Å². The molecule has 5 heteroatoms. The molecule has 0 unspecified atom stereocenters. The molecule has 0 saturated carbocycles. The number of imidazole rings is 1. The van der Waals surface area contributed by atoms with Crippen LogP contribution in [0.4, 0.5) is 0 Å². The van der Waals surface area contributed by atoms with Crippen LogP contribution in [-0.4, -0.2) is 25.9 Å². The van der Waals surface area contributed by atoms with Crippen molar-refractivity contribution in [2.75, 3.05) is 6.54 Å². The molecule has 0 aliphatic carbocycles. The first kappa shape index (κ1) is 12.9. The van der Waals surface area contributed by atoms with E-state index >= 15 is 0 Å². The number of fused-ring (bicyclic) bond motifs is 1. The fourth-order valence-electron chi connectivity index (χ4n) is 2.55. The van der Waals surface area contributed by atoms with Gasteiger partial charge in [0.15, 0.2) is 0 Å². The molecule has 0 aliphatic rings. The molecular formula is C15H19N5. The average molecular weight is 269 g/mol. The van der Waals surface area contributed by atoms with Gasteiger partial charge in [-0.15, -0.1) is 0 Å². The molecule has 3 rings (SSSR count). The number of nitrogens with two attached hydrogens (primary N) is 1. The van der Waals surface area contributed by atoms with Crippen LogP contribution in [0.15, 0.2) is 24.3 Å². The summed E-state index contributed by atoms with van der Waals surface area (Å²) in [6.07, 6.45) is 0.804. The van der Waals surface area contributed by atoms with Gasteiger partial charge in [-0.25, -0.2) is 4.98 Å². The van der Waals surface area contributed by atoms with E-state index in [2.05, 4.69) is 38.9 Å². The van der Waals surface area contributed by atoms with E-state index in [0.29, 0.717) is 6.54 Å². The fourth-order valence-corrected chi connectivity index (χ4v) is 2.55. The van der Waals surface area contributed by atoms with Crippen LogP contribution >= 0.6 is 0 Å². The molecular weight excluding hydrogens is 250 g/mol. The Bertz CT molecular complexity index is 766. The lowest BCUT2D eigenvalue weighted by atomic mass is 10.1. The summed E-state index contributed by atoms with van der Waals surface area (Å²) >= 11 is 0. The first-order valence-electron chi connectivity index (χ1n) is 6.76. The van der Waals surface area contributed by atoms with Crippen molar-refractivity contribution < 1.29 is 0 Å². The molecule has 0 spiro atoms. The number of aromatic nitrogens is 4. The second-order valence-corrected chi connectivity index (χ2v) is 5.10. The molecule has 104 valence electrons. The van der Waals surface area contributed by atoms with Gasteiger partial charge in [0.25, 0.3) is 0 Å².